The van der Waals surface area contributed by atoms with Crippen LogP contribution in [0.3, 0.4) is 0 Å². The molecule has 32 heavy (non-hydrogen) atoms. The van der Waals surface area contributed by atoms with Crippen molar-refractivity contribution in [1.29, 1.82) is 5.26 Å². The first-order chi connectivity index (χ1) is 15.6. The van der Waals surface area contributed by atoms with Gasteiger partial charge in [-0.15, -0.1) is 0 Å². The molecule has 5 rings (SSSR count). The highest BCUT2D eigenvalue weighted by atomic mass is 16.5. The minimum absolute atomic E-state index is 0.0541. The van der Waals surface area contributed by atoms with Gasteiger partial charge in [0.05, 0.1) is 30.9 Å². The van der Waals surface area contributed by atoms with E-state index in [9.17, 15) is 4.79 Å². The maximum absolute atomic E-state index is 13.5. The number of para-hydroxylation sites is 1. The molecule has 0 bridgehead atoms. The molecular formula is C25H22N4O3. The molecule has 0 spiro atoms. The Balaban J connectivity index is 1.44. The number of hydrogen-bond acceptors (Lipinski definition) is 6. The Kier molecular flexibility index (Phi) is 5.20. The van der Waals surface area contributed by atoms with Crippen LogP contribution in [0.2, 0.25) is 0 Å². The van der Waals surface area contributed by atoms with Crippen LogP contribution in [-0.2, 0) is 0 Å². The molecule has 1 saturated heterocycles. The third-order valence-electron chi connectivity index (χ3n) is 6.16. The van der Waals surface area contributed by atoms with Crippen LogP contribution in [0, 0.1) is 30.1 Å². The molecule has 3 atom stereocenters. The number of nitrogens with zero attached hydrogens (tertiary/aromatic N) is 4. The van der Waals surface area contributed by atoms with Crippen LogP contribution in [-0.4, -0.2) is 40.5 Å². The summed E-state index contributed by atoms with van der Waals surface area (Å²) in [7, 11) is 0. The molecular weight excluding hydrogens is 404 g/mol. The number of rotatable bonds is 4. The molecule has 0 N–H and O–H groups in total. The van der Waals surface area contributed by atoms with Crippen molar-refractivity contribution >= 4 is 5.91 Å². The van der Waals surface area contributed by atoms with Crippen molar-refractivity contribution in [2.24, 2.45) is 11.8 Å². The van der Waals surface area contributed by atoms with E-state index in [0.717, 1.165) is 11.3 Å². The van der Waals surface area contributed by atoms with Gasteiger partial charge in [0, 0.05) is 41.8 Å². The largest absolute Gasteiger partial charge is 0.493 e. The molecule has 2 aromatic carbocycles. The number of likely N-dealkylation sites (tertiary alicyclic amines) is 1. The van der Waals surface area contributed by atoms with E-state index in [1.165, 1.54) is 0 Å². The van der Waals surface area contributed by atoms with Gasteiger partial charge in [-0.1, -0.05) is 18.2 Å². The summed E-state index contributed by atoms with van der Waals surface area (Å²) in [5.74, 6) is 2.14. The lowest BCUT2D eigenvalue weighted by molar-refractivity contribution is 0.0674. The number of fused-ring (bicyclic) bond motifs is 3. The number of amides is 1. The number of ether oxygens (including phenoxy) is 2. The van der Waals surface area contributed by atoms with Gasteiger partial charge in [-0.25, -0.2) is 4.98 Å². The standard InChI is InChI=1S/C25H22N4O3/c1-16-27-11-10-23(28-16)32-14-19-13-29(25(30)18-8-6-17(12-26)7-9-18)24-20-4-2-3-5-22(20)31-15-21(19)24/h2-11,19,21,24H,13-15H2,1H3/t19-,21-,24-/m0/s1. The Morgan fingerprint density at radius 2 is 2.03 bits per heavy atom. The van der Waals surface area contributed by atoms with Crippen molar-refractivity contribution in [2.75, 3.05) is 19.8 Å². The number of aromatic nitrogens is 2. The van der Waals surface area contributed by atoms with Crippen molar-refractivity contribution in [3.05, 3.63) is 83.3 Å². The molecule has 1 amide bonds. The van der Waals surface area contributed by atoms with Gasteiger partial charge in [-0.2, -0.15) is 10.2 Å². The van der Waals surface area contributed by atoms with Gasteiger partial charge in [0.25, 0.3) is 5.91 Å². The van der Waals surface area contributed by atoms with E-state index in [4.69, 9.17) is 14.7 Å². The zero-order valence-corrected chi connectivity index (χ0v) is 17.6. The van der Waals surface area contributed by atoms with Gasteiger partial charge in [0.1, 0.15) is 11.6 Å². The normalized spacial score (nSPS) is 21.1. The van der Waals surface area contributed by atoms with Crippen LogP contribution in [0.4, 0.5) is 0 Å². The Morgan fingerprint density at radius 1 is 1.22 bits per heavy atom. The molecule has 1 aromatic heterocycles. The second-order valence-corrected chi connectivity index (χ2v) is 8.12. The van der Waals surface area contributed by atoms with Gasteiger partial charge in [-0.05, 0) is 37.3 Å². The number of carbonyl (C=O) groups excluding carboxylic acids is 1. The average molecular weight is 426 g/mol. The van der Waals surface area contributed by atoms with Crippen molar-refractivity contribution < 1.29 is 14.3 Å². The van der Waals surface area contributed by atoms with Crippen LogP contribution < -0.4 is 9.47 Å². The van der Waals surface area contributed by atoms with Crippen LogP contribution in [0.25, 0.3) is 0 Å². The summed E-state index contributed by atoms with van der Waals surface area (Å²) in [4.78, 5) is 23.9. The van der Waals surface area contributed by atoms with Gasteiger partial charge < -0.3 is 14.4 Å². The molecule has 0 radical (unpaired) electrons. The van der Waals surface area contributed by atoms with Crippen molar-refractivity contribution in [3.8, 4) is 17.7 Å². The average Bonchev–Trinajstić information content (AvgIpc) is 3.21. The third kappa shape index (κ3) is 3.65. The Morgan fingerprint density at radius 3 is 2.81 bits per heavy atom. The van der Waals surface area contributed by atoms with E-state index in [-0.39, 0.29) is 23.8 Å². The summed E-state index contributed by atoms with van der Waals surface area (Å²) in [5, 5.41) is 9.06. The topological polar surface area (TPSA) is 88.3 Å². The minimum Gasteiger partial charge on any atom is -0.493 e. The first-order valence-electron chi connectivity index (χ1n) is 10.6. The number of carbonyl (C=O) groups is 1. The van der Waals surface area contributed by atoms with Crippen molar-refractivity contribution in [1.82, 2.24) is 14.9 Å². The highest BCUT2D eigenvalue weighted by Gasteiger charge is 2.48. The number of hydrogen-bond donors (Lipinski definition) is 0. The van der Waals surface area contributed by atoms with Crippen LogP contribution in [0.1, 0.15) is 33.4 Å². The molecule has 7 nitrogen and oxygen atoms in total. The Hall–Kier alpha value is -3.92. The maximum Gasteiger partial charge on any atom is 0.254 e. The lowest BCUT2D eigenvalue weighted by atomic mass is 9.85. The van der Waals surface area contributed by atoms with E-state index in [0.29, 0.717) is 42.6 Å². The number of nitriles is 1. The summed E-state index contributed by atoms with van der Waals surface area (Å²) in [6.07, 6.45) is 1.68. The number of benzene rings is 2. The zero-order valence-electron chi connectivity index (χ0n) is 17.6. The first-order valence-corrected chi connectivity index (χ1v) is 10.6. The fourth-order valence-electron chi connectivity index (χ4n) is 4.60. The van der Waals surface area contributed by atoms with Crippen molar-refractivity contribution in [3.63, 3.8) is 0 Å². The maximum atomic E-state index is 13.5. The van der Waals surface area contributed by atoms with Gasteiger partial charge in [0.2, 0.25) is 5.88 Å². The molecule has 0 saturated carbocycles. The number of aryl methyl sites for hydroxylation is 1. The fraction of sp³-hybridized carbons (Fsp3) is 0.280. The zero-order chi connectivity index (χ0) is 22.1. The van der Waals surface area contributed by atoms with E-state index < -0.39 is 0 Å². The molecule has 1 fully saturated rings. The van der Waals surface area contributed by atoms with Crippen LogP contribution in [0.15, 0.2) is 60.8 Å². The predicted molar refractivity (Wildman–Crippen MR) is 116 cm³/mol. The molecule has 7 heteroatoms. The van der Waals surface area contributed by atoms with Gasteiger partial charge in [0.15, 0.2) is 0 Å². The second-order valence-electron chi connectivity index (χ2n) is 8.12. The van der Waals surface area contributed by atoms with E-state index >= 15 is 0 Å². The monoisotopic (exact) mass is 426 g/mol. The summed E-state index contributed by atoms with van der Waals surface area (Å²) in [6, 6.07) is 18.4. The Labute approximate surface area is 186 Å². The highest BCUT2D eigenvalue weighted by Crippen LogP contribution is 2.47. The summed E-state index contributed by atoms with van der Waals surface area (Å²) >= 11 is 0. The SMILES string of the molecule is Cc1nccc(OC[C@@H]2CN(C(=O)c3ccc(C#N)cc3)[C@H]3c4ccccc4OC[C@@H]23)n1. The Bertz CT molecular complexity index is 1190. The fourth-order valence-corrected chi connectivity index (χ4v) is 4.60. The highest BCUT2D eigenvalue weighted by molar-refractivity contribution is 5.95. The smallest absolute Gasteiger partial charge is 0.254 e. The summed E-state index contributed by atoms with van der Waals surface area (Å²) in [6.45, 7) is 3.33. The lowest BCUT2D eigenvalue weighted by Gasteiger charge is -2.34. The molecule has 2 aliphatic rings. The predicted octanol–water partition coefficient (Wildman–Crippen LogP) is 3.56. The van der Waals surface area contributed by atoms with Gasteiger partial charge >= 0.3 is 0 Å². The lowest BCUT2D eigenvalue weighted by Crippen LogP contribution is -2.35. The second kappa shape index (κ2) is 8.31. The third-order valence-corrected chi connectivity index (χ3v) is 6.16. The molecule has 0 aliphatic carbocycles. The summed E-state index contributed by atoms with van der Waals surface area (Å²) < 4.78 is 12.0. The van der Waals surface area contributed by atoms with Crippen LogP contribution >= 0.6 is 0 Å². The molecule has 3 heterocycles. The molecule has 0 unspecified atom stereocenters. The van der Waals surface area contributed by atoms with Crippen LogP contribution in [0.5, 0.6) is 11.6 Å². The van der Waals surface area contributed by atoms with Gasteiger partial charge in [-0.3, -0.25) is 4.79 Å². The van der Waals surface area contributed by atoms with E-state index in [1.54, 1.807) is 36.5 Å². The van der Waals surface area contributed by atoms with Crippen molar-refractivity contribution in [2.45, 2.75) is 13.0 Å². The minimum atomic E-state index is -0.0937. The summed E-state index contributed by atoms with van der Waals surface area (Å²) in [5.41, 5.74) is 2.12. The quantitative estimate of drug-likeness (QED) is 0.634. The van der Waals surface area contributed by atoms with E-state index in [2.05, 4.69) is 16.0 Å². The molecule has 2 aliphatic heterocycles. The van der Waals surface area contributed by atoms with E-state index in [1.807, 2.05) is 36.1 Å². The molecule has 160 valence electrons. The first kappa shape index (κ1) is 20.0. The molecule has 3 aromatic rings.